The van der Waals surface area contributed by atoms with Gasteiger partial charge in [0, 0.05) is 44.1 Å². The Morgan fingerprint density at radius 2 is 1.98 bits per heavy atom. The number of fused-ring (bicyclic) bond motifs is 1. The van der Waals surface area contributed by atoms with Crippen molar-refractivity contribution in [2.45, 2.75) is 93.1 Å². The second-order valence-electron chi connectivity index (χ2n) is 12.9. The number of methoxy groups -OCH3 is 1. The lowest BCUT2D eigenvalue weighted by Crippen LogP contribution is -2.58. The molecule has 2 unspecified atom stereocenters. The second kappa shape index (κ2) is 17.0. The number of allylic oxidation sites excluding steroid dienone is 1. The predicted octanol–water partition coefficient (Wildman–Crippen LogP) is 3.70. The molecule has 0 radical (unpaired) electrons. The molecule has 1 aromatic carbocycles. The van der Waals surface area contributed by atoms with Crippen molar-refractivity contribution in [3.05, 3.63) is 61.2 Å². The molecule has 0 aliphatic carbocycles. The number of carbonyl (C=O) groups is 4. The highest BCUT2D eigenvalue weighted by Gasteiger charge is 2.77. The standard InChI is InChI=1S/C36H50BrN3O8/c1-6-9-17-27(42)38-26(22-46-5)30(24-15-11-10-12-16-24)47-35(45)28-29-33(43)40(19-13-20-41)32(36(29)21-25(37)31(28)48-36)34(44)39(18-8-3)23(4)14-7-2/h6,8,10-12,15-16,23,25-26,28-32,41H,1,3,7,9,13-14,17-22H2,2,4-5H3,(H,38,42)/t23?,25?,26-,28-,29+,30-,31-,32-,36+/m1/s1. The summed E-state index contributed by atoms with van der Waals surface area (Å²) in [7, 11) is 1.50. The zero-order chi connectivity index (χ0) is 35.0. The number of ether oxygens (including phenoxy) is 3. The molecule has 2 bridgehead atoms. The van der Waals surface area contributed by atoms with Crippen molar-refractivity contribution in [1.82, 2.24) is 15.1 Å². The van der Waals surface area contributed by atoms with Gasteiger partial charge in [0.25, 0.3) is 0 Å². The molecule has 0 aromatic heterocycles. The van der Waals surface area contributed by atoms with E-state index in [0.29, 0.717) is 24.9 Å². The third kappa shape index (κ3) is 7.56. The minimum atomic E-state index is -1.27. The maximum absolute atomic E-state index is 14.5. The molecule has 3 amide bonds. The van der Waals surface area contributed by atoms with Crippen LogP contribution in [0.4, 0.5) is 0 Å². The van der Waals surface area contributed by atoms with Gasteiger partial charge in [-0.3, -0.25) is 19.2 Å². The monoisotopic (exact) mass is 731 g/mol. The SMILES string of the molecule is C=CCCC(=O)N[C@H](COC)[C@H](OC(=O)[C@H]1[C@@H]2O[C@@]3(CC2Br)[C@@H]1C(=O)N(CCCO)[C@@H]3C(=O)N(CC=C)C(C)CCC)c1ccccc1. The highest BCUT2D eigenvalue weighted by Crippen LogP contribution is 2.60. The molecule has 3 saturated heterocycles. The molecule has 48 heavy (non-hydrogen) atoms. The summed E-state index contributed by atoms with van der Waals surface area (Å²) in [5.41, 5.74) is -0.628. The molecule has 3 aliphatic rings. The van der Waals surface area contributed by atoms with Gasteiger partial charge in [0.1, 0.15) is 17.7 Å². The summed E-state index contributed by atoms with van der Waals surface area (Å²) < 4.78 is 18.4. The van der Waals surface area contributed by atoms with Crippen molar-refractivity contribution in [2.24, 2.45) is 11.8 Å². The summed E-state index contributed by atoms with van der Waals surface area (Å²) >= 11 is 3.72. The Bertz CT molecular complexity index is 1310. The number of alkyl halides is 1. The van der Waals surface area contributed by atoms with Crippen LogP contribution in [0.1, 0.15) is 64.0 Å². The van der Waals surface area contributed by atoms with Crippen LogP contribution in [0.25, 0.3) is 0 Å². The smallest absolute Gasteiger partial charge is 0.313 e. The first kappa shape index (κ1) is 37.8. The summed E-state index contributed by atoms with van der Waals surface area (Å²) in [6.45, 7) is 11.9. The van der Waals surface area contributed by atoms with Crippen LogP contribution in [0, 0.1) is 11.8 Å². The van der Waals surface area contributed by atoms with Gasteiger partial charge in [-0.25, -0.2) is 0 Å². The summed E-state index contributed by atoms with van der Waals surface area (Å²) in [6, 6.07) is 7.25. The molecular weight excluding hydrogens is 682 g/mol. The molecule has 2 N–H and O–H groups in total. The Morgan fingerprint density at radius 1 is 1.25 bits per heavy atom. The number of esters is 1. The first-order valence-electron chi connectivity index (χ1n) is 16.9. The Balaban J connectivity index is 1.72. The predicted molar refractivity (Wildman–Crippen MR) is 184 cm³/mol. The molecule has 9 atom stereocenters. The average Bonchev–Trinajstić information content (AvgIpc) is 3.67. The van der Waals surface area contributed by atoms with E-state index in [0.717, 1.165) is 12.8 Å². The minimum Gasteiger partial charge on any atom is -0.455 e. The molecule has 12 heteroatoms. The van der Waals surface area contributed by atoms with Gasteiger partial charge in [-0.1, -0.05) is 71.8 Å². The van der Waals surface area contributed by atoms with E-state index in [-0.39, 0.29) is 61.2 Å². The topological polar surface area (TPSA) is 135 Å². The van der Waals surface area contributed by atoms with Gasteiger partial charge in [0.2, 0.25) is 17.7 Å². The lowest BCUT2D eigenvalue weighted by Gasteiger charge is -2.39. The zero-order valence-electron chi connectivity index (χ0n) is 28.2. The van der Waals surface area contributed by atoms with Crippen LogP contribution in [0.15, 0.2) is 55.6 Å². The van der Waals surface area contributed by atoms with Crippen molar-refractivity contribution in [3.8, 4) is 0 Å². The van der Waals surface area contributed by atoms with E-state index in [2.05, 4.69) is 34.4 Å². The molecule has 0 saturated carbocycles. The third-order valence-corrected chi connectivity index (χ3v) is 10.5. The molecule has 1 spiro atoms. The van der Waals surface area contributed by atoms with E-state index in [9.17, 15) is 24.3 Å². The van der Waals surface area contributed by atoms with Crippen molar-refractivity contribution < 1.29 is 38.5 Å². The highest BCUT2D eigenvalue weighted by molar-refractivity contribution is 9.09. The minimum absolute atomic E-state index is 0.0607. The number of likely N-dealkylation sites (tertiary alicyclic amines) is 1. The normalized spacial score (nSPS) is 27.6. The van der Waals surface area contributed by atoms with E-state index in [4.69, 9.17) is 14.2 Å². The number of nitrogens with zero attached hydrogens (tertiary/aromatic N) is 2. The van der Waals surface area contributed by atoms with Crippen LogP contribution >= 0.6 is 15.9 Å². The number of amides is 3. The van der Waals surface area contributed by atoms with Gasteiger partial charge >= 0.3 is 5.97 Å². The first-order chi connectivity index (χ1) is 23.1. The highest BCUT2D eigenvalue weighted by atomic mass is 79.9. The van der Waals surface area contributed by atoms with E-state index in [1.54, 1.807) is 29.2 Å². The lowest BCUT2D eigenvalue weighted by molar-refractivity contribution is -0.163. The molecule has 1 aromatic rings. The molecule has 3 aliphatic heterocycles. The number of aliphatic hydroxyl groups is 1. The fourth-order valence-corrected chi connectivity index (χ4v) is 8.58. The van der Waals surface area contributed by atoms with E-state index >= 15 is 0 Å². The zero-order valence-corrected chi connectivity index (χ0v) is 29.8. The van der Waals surface area contributed by atoms with Gasteiger partial charge in [-0.05, 0) is 38.2 Å². The van der Waals surface area contributed by atoms with Gasteiger partial charge in [0.05, 0.1) is 30.6 Å². The van der Waals surface area contributed by atoms with E-state index in [1.165, 1.54) is 12.0 Å². The van der Waals surface area contributed by atoms with Crippen LogP contribution in [-0.4, -0.2) is 107 Å². The van der Waals surface area contributed by atoms with Crippen molar-refractivity contribution in [3.63, 3.8) is 0 Å². The average molecular weight is 733 g/mol. The number of hydrogen-bond donors (Lipinski definition) is 2. The Hall–Kier alpha value is -3.06. The first-order valence-corrected chi connectivity index (χ1v) is 17.8. The third-order valence-electron chi connectivity index (χ3n) is 9.70. The fraction of sp³-hybridized carbons (Fsp3) is 0.611. The lowest BCUT2D eigenvalue weighted by atomic mass is 9.70. The van der Waals surface area contributed by atoms with Gasteiger partial charge in [-0.15, -0.1) is 13.2 Å². The van der Waals surface area contributed by atoms with Crippen LogP contribution in [-0.2, 0) is 33.4 Å². The summed E-state index contributed by atoms with van der Waals surface area (Å²) in [5.74, 6) is -3.51. The van der Waals surface area contributed by atoms with Crippen LogP contribution < -0.4 is 5.32 Å². The Labute approximate surface area is 292 Å². The van der Waals surface area contributed by atoms with Crippen molar-refractivity contribution in [2.75, 3.05) is 33.4 Å². The quantitative estimate of drug-likeness (QED) is 0.125. The molecule has 3 heterocycles. The molecule has 3 fully saturated rings. The number of halogens is 1. The Kier molecular flexibility index (Phi) is 13.4. The Morgan fingerprint density at radius 3 is 2.60 bits per heavy atom. The second-order valence-corrected chi connectivity index (χ2v) is 14.1. The number of nitrogens with one attached hydrogen (secondary N) is 1. The molecule has 11 nitrogen and oxygen atoms in total. The van der Waals surface area contributed by atoms with Gasteiger partial charge in [0.15, 0.2) is 0 Å². The molecule has 264 valence electrons. The van der Waals surface area contributed by atoms with E-state index in [1.807, 2.05) is 32.0 Å². The number of rotatable bonds is 19. The number of hydrogen-bond acceptors (Lipinski definition) is 8. The summed E-state index contributed by atoms with van der Waals surface area (Å²) in [5, 5.41) is 12.7. The molecular formula is C36H50BrN3O8. The van der Waals surface area contributed by atoms with E-state index < -0.39 is 47.7 Å². The number of aliphatic hydroxyl groups excluding tert-OH is 1. The number of carbonyl (C=O) groups excluding carboxylic acids is 4. The van der Waals surface area contributed by atoms with Crippen LogP contribution in [0.2, 0.25) is 0 Å². The van der Waals surface area contributed by atoms with Crippen molar-refractivity contribution in [1.29, 1.82) is 0 Å². The van der Waals surface area contributed by atoms with Crippen LogP contribution in [0.5, 0.6) is 0 Å². The van der Waals surface area contributed by atoms with Gasteiger partial charge in [-0.2, -0.15) is 0 Å². The van der Waals surface area contributed by atoms with Crippen LogP contribution in [0.3, 0.4) is 0 Å². The maximum Gasteiger partial charge on any atom is 0.313 e. The maximum atomic E-state index is 14.5. The molecule has 4 rings (SSSR count). The van der Waals surface area contributed by atoms with Gasteiger partial charge < -0.3 is 34.4 Å². The van der Waals surface area contributed by atoms with Crippen molar-refractivity contribution >= 4 is 39.6 Å². The summed E-state index contributed by atoms with van der Waals surface area (Å²) in [6.07, 6.45) is 4.60. The largest absolute Gasteiger partial charge is 0.455 e. The summed E-state index contributed by atoms with van der Waals surface area (Å²) in [4.78, 5) is 59.1. The number of benzene rings is 1. The fourth-order valence-electron chi connectivity index (χ4n) is 7.64.